The summed E-state index contributed by atoms with van der Waals surface area (Å²) >= 11 is 0. The van der Waals surface area contributed by atoms with Gasteiger partial charge in [-0.2, -0.15) is 0 Å². The summed E-state index contributed by atoms with van der Waals surface area (Å²) in [4.78, 5) is 8.25. The van der Waals surface area contributed by atoms with Gasteiger partial charge >= 0.3 is 32.7 Å². The van der Waals surface area contributed by atoms with Crippen LogP contribution >= 0.6 is 0 Å². The van der Waals surface area contributed by atoms with Crippen molar-refractivity contribution in [3.63, 3.8) is 0 Å². The van der Waals surface area contributed by atoms with Crippen molar-refractivity contribution in [2.45, 2.75) is 0 Å². The third kappa shape index (κ3) is 247. The number of hydrogen-bond donors (Lipinski definition) is 0. The zero-order valence-corrected chi connectivity index (χ0v) is 5.09. The maximum atomic E-state index is 8.25. The summed E-state index contributed by atoms with van der Waals surface area (Å²) < 4.78 is 0. The van der Waals surface area contributed by atoms with Crippen LogP contribution in [-0.4, -0.2) is 5.09 Å². The molecule has 0 aromatic carbocycles. The molecule has 0 amide bonds. The van der Waals surface area contributed by atoms with Gasteiger partial charge in [0.25, 0.3) is 0 Å². The Morgan fingerprint density at radius 2 is 1.40 bits per heavy atom. The van der Waals surface area contributed by atoms with Gasteiger partial charge in [-0.05, 0) is 0 Å². The molecule has 0 N–H and O–H groups in total. The van der Waals surface area contributed by atoms with Gasteiger partial charge in [-0.3, -0.25) is 0 Å². The minimum Gasteiger partial charge on any atom is -0.356 e. The first kappa shape index (κ1) is 9.00. The third-order valence-corrected chi connectivity index (χ3v) is 0. The minimum absolute atomic E-state index is 0. The summed E-state index contributed by atoms with van der Waals surface area (Å²) in [6.45, 7) is 0. The van der Waals surface area contributed by atoms with E-state index in [-0.39, 0.29) is 32.7 Å². The number of nitrogens with zero attached hydrogens (tertiary/aromatic N) is 1. The van der Waals surface area contributed by atoms with Crippen molar-refractivity contribution < 1.29 is 37.8 Å². The van der Waals surface area contributed by atoms with Crippen LogP contribution in [0, 0.1) is 15.3 Å². The topological polar surface area (TPSA) is 66.2 Å². The van der Waals surface area contributed by atoms with Gasteiger partial charge in [-0.25, -0.2) is 0 Å². The summed E-state index contributed by atoms with van der Waals surface area (Å²) in [7, 11) is 0. The molecule has 0 bridgehead atoms. The minimum atomic E-state index is -1.75. The Morgan fingerprint density at radius 3 is 1.40 bits per heavy atom. The van der Waals surface area contributed by atoms with Crippen LogP contribution in [0.2, 0.25) is 0 Å². The van der Waals surface area contributed by atoms with E-state index in [4.69, 9.17) is 15.3 Å². The summed E-state index contributed by atoms with van der Waals surface area (Å²) in [5.41, 5.74) is 0. The molecule has 0 aliphatic rings. The molecule has 0 unspecified atom stereocenters. The van der Waals surface area contributed by atoms with Gasteiger partial charge in [-0.1, -0.05) is 0 Å². The van der Waals surface area contributed by atoms with Crippen LogP contribution in [0.1, 0.15) is 0 Å². The fourth-order valence-electron chi connectivity index (χ4n) is 0. The van der Waals surface area contributed by atoms with E-state index in [0.29, 0.717) is 0 Å². The molecular formula is NO3Y+2. The molecule has 0 aromatic rings. The maximum absolute atomic E-state index is 8.25. The first-order chi connectivity index (χ1) is 1.73. The van der Waals surface area contributed by atoms with Crippen LogP contribution in [0.5, 0.6) is 0 Å². The smallest absolute Gasteiger partial charge is 0.356 e. The SMILES string of the molecule is O=[N+]([O-])[O-].[Y+3]. The predicted octanol–water partition coefficient (Wildman–Crippen LogP) is -0.242. The molecule has 0 rings (SSSR count). The Hall–Kier alpha value is 0.304. The standard InChI is InChI=1S/NO3.Y/c2-1(3)4;/q-1;+3. The molecule has 5 heteroatoms. The zero-order valence-electron chi connectivity index (χ0n) is 2.25. The summed E-state index contributed by atoms with van der Waals surface area (Å²) in [5.74, 6) is 0. The maximum Gasteiger partial charge on any atom is 3.00 e. The van der Waals surface area contributed by atoms with Crippen molar-refractivity contribution in [2.75, 3.05) is 0 Å². The quantitative estimate of drug-likeness (QED) is 0.354. The van der Waals surface area contributed by atoms with Crippen molar-refractivity contribution in [3.8, 4) is 0 Å². The Morgan fingerprint density at radius 1 is 1.40 bits per heavy atom. The first-order valence-corrected chi connectivity index (χ1v) is 0.548. The van der Waals surface area contributed by atoms with Gasteiger partial charge in [0.15, 0.2) is 0 Å². The monoisotopic (exact) mass is 151 g/mol. The van der Waals surface area contributed by atoms with Crippen molar-refractivity contribution in [2.24, 2.45) is 0 Å². The van der Waals surface area contributed by atoms with Crippen LogP contribution in [0.15, 0.2) is 0 Å². The molecule has 4 nitrogen and oxygen atoms in total. The second-order valence-corrected chi connectivity index (χ2v) is 0.224. The van der Waals surface area contributed by atoms with E-state index in [9.17, 15) is 0 Å². The third-order valence-electron chi connectivity index (χ3n) is 0. The molecule has 0 heterocycles. The molecule has 0 aromatic heterocycles. The molecule has 5 heavy (non-hydrogen) atoms. The summed E-state index contributed by atoms with van der Waals surface area (Å²) in [6, 6.07) is 0. The van der Waals surface area contributed by atoms with E-state index in [2.05, 4.69) is 0 Å². The molecule has 0 spiro atoms. The molecule has 0 aliphatic carbocycles. The Kier molecular flexibility index (Phi) is 7.75. The van der Waals surface area contributed by atoms with Crippen molar-refractivity contribution in [1.29, 1.82) is 0 Å². The normalized spacial score (nSPS) is 4.80. The van der Waals surface area contributed by atoms with E-state index >= 15 is 0 Å². The van der Waals surface area contributed by atoms with Crippen LogP contribution in [0.4, 0.5) is 0 Å². The van der Waals surface area contributed by atoms with Crippen LogP contribution in [-0.2, 0) is 32.7 Å². The average Bonchev–Trinajstić information content (AvgIpc) is 0.811. The largest absolute Gasteiger partial charge is 3.00 e. The van der Waals surface area contributed by atoms with Crippen LogP contribution in [0.25, 0.3) is 0 Å². The Bertz CT molecular complexity index is 29.9. The summed E-state index contributed by atoms with van der Waals surface area (Å²) in [5, 5.41) is 14.8. The molecule has 0 radical (unpaired) electrons. The van der Waals surface area contributed by atoms with Gasteiger partial charge in [0.1, 0.15) is 0 Å². The molecule has 0 atom stereocenters. The molecule has 0 saturated heterocycles. The van der Waals surface area contributed by atoms with Crippen molar-refractivity contribution in [3.05, 3.63) is 15.3 Å². The van der Waals surface area contributed by atoms with E-state index in [1.807, 2.05) is 0 Å². The van der Waals surface area contributed by atoms with Gasteiger partial charge in [0, 0.05) is 0 Å². The van der Waals surface area contributed by atoms with Crippen molar-refractivity contribution >= 4 is 0 Å². The van der Waals surface area contributed by atoms with Crippen LogP contribution in [0.3, 0.4) is 0 Å². The number of rotatable bonds is 0. The van der Waals surface area contributed by atoms with Gasteiger partial charge in [0.2, 0.25) is 0 Å². The Labute approximate surface area is 53.2 Å². The van der Waals surface area contributed by atoms with E-state index in [1.165, 1.54) is 0 Å². The fourth-order valence-corrected chi connectivity index (χ4v) is 0. The van der Waals surface area contributed by atoms with E-state index in [1.54, 1.807) is 0 Å². The van der Waals surface area contributed by atoms with E-state index < -0.39 is 5.09 Å². The van der Waals surface area contributed by atoms with Gasteiger partial charge in [-0.15, -0.1) is 0 Å². The van der Waals surface area contributed by atoms with Gasteiger partial charge in [0.05, 0.1) is 5.09 Å². The number of hydrogen-bond acceptors (Lipinski definition) is 3. The molecule has 24 valence electrons. The zero-order chi connectivity index (χ0) is 3.58. The second-order valence-electron chi connectivity index (χ2n) is 0.224. The van der Waals surface area contributed by atoms with Gasteiger partial charge < -0.3 is 15.3 Å². The molecular weight excluding hydrogens is 151 g/mol. The van der Waals surface area contributed by atoms with Crippen LogP contribution < -0.4 is 0 Å². The average molecular weight is 151 g/mol. The molecule has 0 fully saturated rings. The van der Waals surface area contributed by atoms with E-state index in [0.717, 1.165) is 0 Å². The van der Waals surface area contributed by atoms with Crippen molar-refractivity contribution in [1.82, 2.24) is 0 Å². The predicted molar refractivity (Wildman–Crippen MR) is 10.4 cm³/mol. The summed E-state index contributed by atoms with van der Waals surface area (Å²) in [6.07, 6.45) is 0. The molecule has 0 saturated carbocycles. The molecule has 0 aliphatic heterocycles. The first-order valence-electron chi connectivity index (χ1n) is 0.548. The fraction of sp³-hybridized carbons (Fsp3) is 0. The second kappa shape index (κ2) is 4.30. The Balaban J connectivity index is 0.